The van der Waals surface area contributed by atoms with Crippen LogP contribution in [0.5, 0.6) is 0 Å². The highest BCUT2D eigenvalue weighted by Crippen LogP contribution is 2.39. The molecule has 1 amide bonds. The molecule has 2 heterocycles. The molecule has 0 unspecified atom stereocenters. The Kier molecular flexibility index (Phi) is 9.43. The average molecular weight is 571 g/mol. The molecule has 1 aliphatic rings. The van der Waals surface area contributed by atoms with E-state index >= 15 is 0 Å². The third-order valence-electron chi connectivity index (χ3n) is 6.79. The number of carbonyl (C=O) groups is 2. The Morgan fingerprint density at radius 1 is 0.902 bits per heavy atom. The minimum Gasteiger partial charge on any atom is -0.478 e. The van der Waals surface area contributed by atoms with Gasteiger partial charge in [-0.3, -0.25) is 9.78 Å². The van der Waals surface area contributed by atoms with Crippen molar-refractivity contribution in [1.29, 1.82) is 0 Å². The van der Waals surface area contributed by atoms with Gasteiger partial charge in [-0.05, 0) is 41.0 Å². The molecule has 1 saturated heterocycles. The first-order valence-corrected chi connectivity index (χ1v) is 14.2. The maximum Gasteiger partial charge on any atom is 0.336 e. The Morgan fingerprint density at radius 2 is 1.63 bits per heavy atom. The summed E-state index contributed by atoms with van der Waals surface area (Å²) in [7, 11) is 0. The molecule has 0 bridgehead atoms. The van der Waals surface area contributed by atoms with Crippen molar-refractivity contribution < 1.29 is 29.3 Å². The van der Waals surface area contributed by atoms with Gasteiger partial charge < -0.3 is 25.0 Å². The normalized spacial score (nSPS) is 18.5. The molecule has 0 spiro atoms. The number of carbonyl (C=O) groups excluding carboxylic acids is 1. The van der Waals surface area contributed by atoms with Crippen molar-refractivity contribution in [3.8, 4) is 0 Å². The molecule has 1 fully saturated rings. The smallest absolute Gasteiger partial charge is 0.336 e. The van der Waals surface area contributed by atoms with Crippen molar-refractivity contribution in [2.45, 2.75) is 43.0 Å². The number of nitrogens with one attached hydrogen (secondary N) is 1. The van der Waals surface area contributed by atoms with Gasteiger partial charge in [-0.2, -0.15) is 0 Å². The van der Waals surface area contributed by atoms with Gasteiger partial charge in [-0.25, -0.2) is 4.79 Å². The van der Waals surface area contributed by atoms with E-state index in [1.807, 2.05) is 60.7 Å². The van der Waals surface area contributed by atoms with Crippen LogP contribution in [0.1, 0.15) is 61.8 Å². The van der Waals surface area contributed by atoms with Crippen molar-refractivity contribution >= 4 is 23.6 Å². The Bertz CT molecular complexity index is 1460. The number of carboxylic acids is 1. The van der Waals surface area contributed by atoms with Gasteiger partial charge in [0.1, 0.15) is 0 Å². The minimum absolute atomic E-state index is 0.0329. The fourth-order valence-electron chi connectivity index (χ4n) is 4.55. The summed E-state index contributed by atoms with van der Waals surface area (Å²) in [4.78, 5) is 28.7. The molecule has 1 aromatic heterocycles. The standard InChI is InChI=1S/C32H30N2O6S/c35-19-22-9-11-23(12-10-22)28-16-26(20-41-29-6-2-1-5-27(29)31(37)38)39-32(40-28)24-13-7-21(8-14-24)17-34-30(36)25-4-3-15-33-18-25/h1-15,18,26,28,32,35H,16-17,19-20H2,(H,34,36)(H,37,38)/t26-,28+,32+/m0/s1. The van der Waals surface area contributed by atoms with Crippen LogP contribution in [0.15, 0.2) is 102 Å². The minimum atomic E-state index is -0.961. The maximum atomic E-state index is 12.4. The van der Waals surface area contributed by atoms with Gasteiger partial charge in [0.05, 0.1) is 29.9 Å². The van der Waals surface area contributed by atoms with Crippen LogP contribution >= 0.6 is 11.8 Å². The van der Waals surface area contributed by atoms with Crippen LogP contribution in [-0.2, 0) is 22.6 Å². The van der Waals surface area contributed by atoms with Crippen LogP contribution in [0.25, 0.3) is 0 Å². The highest BCUT2D eigenvalue weighted by Gasteiger charge is 2.32. The molecule has 5 rings (SSSR count). The first kappa shape index (κ1) is 28.5. The molecule has 9 heteroatoms. The Labute approximate surface area is 242 Å². The van der Waals surface area contributed by atoms with Gasteiger partial charge in [0, 0.05) is 41.6 Å². The number of aromatic carboxylic acids is 1. The second kappa shape index (κ2) is 13.6. The summed E-state index contributed by atoms with van der Waals surface area (Å²) < 4.78 is 12.8. The van der Waals surface area contributed by atoms with Gasteiger partial charge in [-0.1, -0.05) is 60.7 Å². The number of aromatic nitrogens is 1. The van der Waals surface area contributed by atoms with Crippen LogP contribution in [0.3, 0.4) is 0 Å². The zero-order valence-corrected chi connectivity index (χ0v) is 23.0. The fourth-order valence-corrected chi connectivity index (χ4v) is 5.61. The van der Waals surface area contributed by atoms with Gasteiger partial charge in [0.15, 0.2) is 6.29 Å². The number of aliphatic hydroxyl groups excluding tert-OH is 1. The molecular formula is C32H30N2O6S. The Hall–Kier alpha value is -4.02. The van der Waals surface area contributed by atoms with E-state index in [9.17, 15) is 19.8 Å². The first-order valence-electron chi connectivity index (χ1n) is 13.2. The summed E-state index contributed by atoms with van der Waals surface area (Å²) in [6.07, 6.45) is 2.65. The molecule has 3 atom stereocenters. The molecule has 0 aliphatic carbocycles. The third kappa shape index (κ3) is 7.39. The number of thioether (sulfide) groups is 1. The van der Waals surface area contributed by atoms with Crippen molar-refractivity contribution in [2.75, 3.05) is 5.75 Å². The second-order valence-electron chi connectivity index (χ2n) is 9.63. The highest BCUT2D eigenvalue weighted by molar-refractivity contribution is 7.99. The average Bonchev–Trinajstić information content (AvgIpc) is 3.03. The van der Waals surface area contributed by atoms with E-state index in [0.717, 1.165) is 22.3 Å². The van der Waals surface area contributed by atoms with E-state index in [2.05, 4.69) is 10.3 Å². The van der Waals surface area contributed by atoms with E-state index in [1.165, 1.54) is 18.0 Å². The lowest BCUT2D eigenvalue weighted by Crippen LogP contribution is -2.31. The summed E-state index contributed by atoms with van der Waals surface area (Å²) in [5.74, 6) is -0.605. The zero-order valence-electron chi connectivity index (χ0n) is 22.2. The van der Waals surface area contributed by atoms with E-state index in [4.69, 9.17) is 9.47 Å². The lowest BCUT2D eigenvalue weighted by atomic mass is 10.0. The van der Waals surface area contributed by atoms with Crippen LogP contribution in [-0.4, -0.2) is 38.9 Å². The lowest BCUT2D eigenvalue weighted by molar-refractivity contribution is -0.245. The molecule has 210 valence electrons. The third-order valence-corrected chi connectivity index (χ3v) is 7.99. The van der Waals surface area contributed by atoms with E-state index in [1.54, 1.807) is 30.5 Å². The summed E-state index contributed by atoms with van der Waals surface area (Å²) in [6.45, 7) is 0.331. The van der Waals surface area contributed by atoms with Crippen molar-refractivity contribution in [3.63, 3.8) is 0 Å². The van der Waals surface area contributed by atoms with Gasteiger partial charge in [-0.15, -0.1) is 11.8 Å². The summed E-state index contributed by atoms with van der Waals surface area (Å²) >= 11 is 1.45. The van der Waals surface area contributed by atoms with E-state index < -0.39 is 12.3 Å². The van der Waals surface area contributed by atoms with Gasteiger partial charge in [0.25, 0.3) is 5.91 Å². The van der Waals surface area contributed by atoms with Gasteiger partial charge >= 0.3 is 5.97 Å². The van der Waals surface area contributed by atoms with Crippen LogP contribution in [0, 0.1) is 0 Å². The predicted octanol–water partition coefficient (Wildman–Crippen LogP) is 5.54. The quantitative estimate of drug-likeness (QED) is 0.213. The first-order chi connectivity index (χ1) is 20.0. The van der Waals surface area contributed by atoms with Crippen molar-refractivity contribution in [3.05, 3.63) is 131 Å². The molecule has 3 aromatic carbocycles. The Morgan fingerprint density at radius 3 is 2.34 bits per heavy atom. The number of nitrogens with zero attached hydrogens (tertiary/aromatic N) is 1. The van der Waals surface area contributed by atoms with Crippen molar-refractivity contribution in [1.82, 2.24) is 10.3 Å². The SMILES string of the molecule is O=C(NCc1ccc([C@@H]2O[C@H](CSc3ccccc3C(=O)O)C[C@H](c3ccc(CO)cc3)O2)cc1)c1cccnc1. The number of carboxylic acid groups (broad SMARTS) is 1. The number of aliphatic hydroxyl groups is 1. The number of ether oxygens (including phenoxy) is 2. The van der Waals surface area contributed by atoms with Crippen LogP contribution in [0.4, 0.5) is 0 Å². The van der Waals surface area contributed by atoms with Crippen LogP contribution in [0.2, 0.25) is 0 Å². The van der Waals surface area contributed by atoms with E-state index in [-0.39, 0.29) is 30.3 Å². The summed E-state index contributed by atoms with van der Waals surface area (Å²) in [5, 5.41) is 21.9. The topological polar surface area (TPSA) is 118 Å². The number of amides is 1. The van der Waals surface area contributed by atoms with E-state index in [0.29, 0.717) is 29.2 Å². The Balaban J connectivity index is 1.29. The molecule has 4 aromatic rings. The molecule has 8 nitrogen and oxygen atoms in total. The number of pyridine rings is 1. The molecule has 0 saturated carbocycles. The molecule has 3 N–H and O–H groups in total. The highest BCUT2D eigenvalue weighted by atomic mass is 32.2. The largest absolute Gasteiger partial charge is 0.478 e. The van der Waals surface area contributed by atoms with Gasteiger partial charge in [0.2, 0.25) is 0 Å². The van der Waals surface area contributed by atoms with Crippen molar-refractivity contribution in [2.24, 2.45) is 0 Å². The fraction of sp³-hybridized carbons (Fsp3) is 0.219. The van der Waals surface area contributed by atoms with Crippen LogP contribution < -0.4 is 5.32 Å². The second-order valence-corrected chi connectivity index (χ2v) is 10.7. The monoisotopic (exact) mass is 570 g/mol. The molecule has 0 radical (unpaired) electrons. The molecular weight excluding hydrogens is 540 g/mol. The summed E-state index contributed by atoms with van der Waals surface area (Å²) in [5.41, 5.74) is 4.33. The number of benzene rings is 3. The number of rotatable bonds is 10. The predicted molar refractivity (Wildman–Crippen MR) is 154 cm³/mol. The molecule has 41 heavy (non-hydrogen) atoms. The molecule has 1 aliphatic heterocycles. The summed E-state index contributed by atoms with van der Waals surface area (Å²) in [6, 6.07) is 25.8. The maximum absolute atomic E-state index is 12.4. The zero-order chi connectivity index (χ0) is 28.6. The lowest BCUT2D eigenvalue weighted by Gasteiger charge is -2.36. The number of hydrogen-bond acceptors (Lipinski definition) is 7. The number of hydrogen-bond donors (Lipinski definition) is 3.